The molecule has 0 bridgehead atoms. The molecule has 1 atom stereocenters. The standard InChI is InChI=1S/C21H21ClN6O/c1-12(29-18-6-4-3-5-15(18)22)11-28-13(2)25-17-8-7-16(26-21(17)28)14-9-19(23)27-20(24)10-14/h3-10,12H,11H2,1-2H3,(H4,23,24,27). The van der Waals surface area contributed by atoms with Gasteiger partial charge in [0.1, 0.15) is 34.8 Å². The topological polar surface area (TPSA) is 105 Å². The summed E-state index contributed by atoms with van der Waals surface area (Å²) in [5.41, 5.74) is 14.8. The first-order valence-corrected chi connectivity index (χ1v) is 9.57. The Morgan fingerprint density at radius 3 is 2.48 bits per heavy atom. The minimum absolute atomic E-state index is 0.135. The lowest BCUT2D eigenvalue weighted by atomic mass is 10.1. The van der Waals surface area contributed by atoms with E-state index in [0.717, 1.165) is 28.2 Å². The minimum atomic E-state index is -0.135. The van der Waals surface area contributed by atoms with Crippen molar-refractivity contribution in [2.24, 2.45) is 0 Å². The van der Waals surface area contributed by atoms with E-state index in [4.69, 9.17) is 32.8 Å². The van der Waals surface area contributed by atoms with Gasteiger partial charge in [0, 0.05) is 5.56 Å². The molecule has 3 aromatic heterocycles. The molecule has 148 valence electrons. The van der Waals surface area contributed by atoms with Crippen LogP contribution in [0, 0.1) is 6.92 Å². The number of rotatable bonds is 5. The molecular formula is C21H21ClN6O. The fraction of sp³-hybridized carbons (Fsp3) is 0.190. The van der Waals surface area contributed by atoms with Crippen LogP contribution in [0.2, 0.25) is 5.02 Å². The van der Waals surface area contributed by atoms with Crippen molar-refractivity contribution in [2.75, 3.05) is 11.5 Å². The smallest absolute Gasteiger partial charge is 0.160 e. The number of aromatic nitrogens is 4. The average Bonchev–Trinajstić information content (AvgIpc) is 2.97. The van der Waals surface area contributed by atoms with Gasteiger partial charge in [-0.15, -0.1) is 0 Å². The van der Waals surface area contributed by atoms with Crippen molar-refractivity contribution >= 4 is 34.4 Å². The maximum Gasteiger partial charge on any atom is 0.160 e. The van der Waals surface area contributed by atoms with Crippen LogP contribution >= 0.6 is 11.6 Å². The number of hydrogen-bond acceptors (Lipinski definition) is 6. The Bertz CT molecular complexity index is 1170. The van der Waals surface area contributed by atoms with Crippen LogP contribution in [-0.4, -0.2) is 25.6 Å². The van der Waals surface area contributed by atoms with Crippen LogP contribution in [0.5, 0.6) is 5.75 Å². The summed E-state index contributed by atoms with van der Waals surface area (Å²) in [6.45, 7) is 4.51. The number of hydrogen-bond donors (Lipinski definition) is 2. The normalized spacial score (nSPS) is 12.2. The predicted octanol–water partition coefficient (Wildman–Crippen LogP) is 4.09. The second-order valence-electron chi connectivity index (χ2n) is 6.87. The Labute approximate surface area is 173 Å². The number of halogens is 1. The summed E-state index contributed by atoms with van der Waals surface area (Å²) in [4.78, 5) is 13.4. The molecule has 0 saturated carbocycles. The van der Waals surface area contributed by atoms with Crippen molar-refractivity contribution < 1.29 is 4.74 Å². The molecule has 1 unspecified atom stereocenters. The van der Waals surface area contributed by atoms with Crippen LogP contribution in [0.15, 0.2) is 48.5 Å². The molecule has 8 heteroatoms. The van der Waals surface area contributed by atoms with Gasteiger partial charge in [0.2, 0.25) is 0 Å². The highest BCUT2D eigenvalue weighted by molar-refractivity contribution is 6.32. The van der Waals surface area contributed by atoms with Gasteiger partial charge in [-0.25, -0.2) is 15.0 Å². The Kier molecular flexibility index (Phi) is 4.98. The van der Waals surface area contributed by atoms with Crippen LogP contribution in [-0.2, 0) is 6.54 Å². The van der Waals surface area contributed by atoms with E-state index in [-0.39, 0.29) is 6.10 Å². The van der Waals surface area contributed by atoms with Crippen LogP contribution < -0.4 is 16.2 Å². The van der Waals surface area contributed by atoms with Crippen molar-refractivity contribution in [3.05, 3.63) is 59.4 Å². The van der Waals surface area contributed by atoms with Crippen LogP contribution in [0.1, 0.15) is 12.7 Å². The number of fused-ring (bicyclic) bond motifs is 1. The van der Waals surface area contributed by atoms with E-state index in [9.17, 15) is 0 Å². The molecule has 0 amide bonds. The molecule has 4 rings (SSSR count). The molecule has 0 spiro atoms. The van der Waals surface area contributed by atoms with Gasteiger partial charge in [-0.3, -0.25) is 0 Å². The molecule has 0 aliphatic heterocycles. The second-order valence-corrected chi connectivity index (χ2v) is 7.28. The maximum absolute atomic E-state index is 6.21. The molecule has 7 nitrogen and oxygen atoms in total. The third kappa shape index (κ3) is 3.95. The average molecular weight is 409 g/mol. The van der Waals surface area contributed by atoms with Gasteiger partial charge in [0.25, 0.3) is 0 Å². The molecule has 29 heavy (non-hydrogen) atoms. The van der Waals surface area contributed by atoms with Crippen molar-refractivity contribution in [3.63, 3.8) is 0 Å². The first-order chi connectivity index (χ1) is 13.9. The maximum atomic E-state index is 6.21. The van der Waals surface area contributed by atoms with Crippen LogP contribution in [0.3, 0.4) is 0 Å². The summed E-state index contributed by atoms with van der Waals surface area (Å²) in [5, 5.41) is 0.583. The fourth-order valence-corrected chi connectivity index (χ4v) is 3.45. The summed E-state index contributed by atoms with van der Waals surface area (Å²) in [7, 11) is 0. The number of anilines is 2. The van der Waals surface area contributed by atoms with E-state index >= 15 is 0 Å². The predicted molar refractivity (Wildman–Crippen MR) is 116 cm³/mol. The van der Waals surface area contributed by atoms with Gasteiger partial charge in [-0.1, -0.05) is 23.7 Å². The number of nitrogens with two attached hydrogens (primary N) is 2. The first kappa shape index (κ1) is 19.0. The number of ether oxygens (including phenoxy) is 1. The van der Waals surface area contributed by atoms with Crippen molar-refractivity contribution in [1.29, 1.82) is 0 Å². The van der Waals surface area contributed by atoms with Crippen LogP contribution in [0.25, 0.3) is 22.4 Å². The molecule has 4 N–H and O–H groups in total. The molecule has 4 aromatic rings. The van der Waals surface area contributed by atoms with Gasteiger partial charge in [0.15, 0.2) is 5.65 Å². The number of pyridine rings is 2. The first-order valence-electron chi connectivity index (χ1n) is 9.19. The zero-order valence-corrected chi connectivity index (χ0v) is 16.9. The van der Waals surface area contributed by atoms with E-state index in [0.29, 0.717) is 29.0 Å². The molecule has 0 saturated heterocycles. The molecule has 3 heterocycles. The van der Waals surface area contributed by atoms with Gasteiger partial charge >= 0.3 is 0 Å². The van der Waals surface area contributed by atoms with E-state index < -0.39 is 0 Å². The van der Waals surface area contributed by atoms with Crippen LogP contribution in [0.4, 0.5) is 11.6 Å². The number of imidazole rings is 1. The number of aryl methyl sites for hydroxylation is 1. The quantitative estimate of drug-likeness (QED) is 0.515. The lowest BCUT2D eigenvalue weighted by molar-refractivity contribution is 0.200. The minimum Gasteiger partial charge on any atom is -0.487 e. The van der Waals surface area contributed by atoms with E-state index in [1.807, 2.05) is 48.7 Å². The van der Waals surface area contributed by atoms with Gasteiger partial charge in [-0.05, 0) is 50.2 Å². The third-order valence-corrected chi connectivity index (χ3v) is 4.86. The summed E-state index contributed by atoms with van der Waals surface area (Å²) < 4.78 is 8.05. The zero-order valence-electron chi connectivity index (χ0n) is 16.1. The summed E-state index contributed by atoms with van der Waals surface area (Å²) in [5.74, 6) is 2.22. The second kappa shape index (κ2) is 7.60. The van der Waals surface area contributed by atoms with E-state index in [1.54, 1.807) is 18.2 Å². The zero-order chi connectivity index (χ0) is 20.5. The Morgan fingerprint density at radius 2 is 1.76 bits per heavy atom. The summed E-state index contributed by atoms with van der Waals surface area (Å²) in [6, 6.07) is 14.8. The fourth-order valence-electron chi connectivity index (χ4n) is 3.27. The number of benzene rings is 1. The molecule has 0 radical (unpaired) electrons. The highest BCUT2D eigenvalue weighted by atomic mass is 35.5. The number of nitrogen functional groups attached to an aromatic ring is 2. The van der Waals surface area contributed by atoms with Crippen molar-refractivity contribution in [3.8, 4) is 17.0 Å². The van der Waals surface area contributed by atoms with Gasteiger partial charge in [-0.2, -0.15) is 0 Å². The Morgan fingerprint density at radius 1 is 1.03 bits per heavy atom. The van der Waals surface area contributed by atoms with Gasteiger partial charge < -0.3 is 20.8 Å². The number of para-hydroxylation sites is 1. The largest absolute Gasteiger partial charge is 0.487 e. The Hall–Kier alpha value is -3.32. The van der Waals surface area contributed by atoms with E-state index in [2.05, 4.69) is 9.97 Å². The third-order valence-electron chi connectivity index (χ3n) is 4.55. The highest BCUT2D eigenvalue weighted by Gasteiger charge is 2.15. The molecule has 0 aliphatic carbocycles. The molecule has 0 aliphatic rings. The van der Waals surface area contributed by atoms with Crippen molar-refractivity contribution in [1.82, 2.24) is 19.5 Å². The molecular weight excluding hydrogens is 388 g/mol. The number of nitrogens with zero attached hydrogens (tertiary/aromatic N) is 4. The van der Waals surface area contributed by atoms with E-state index in [1.165, 1.54) is 0 Å². The summed E-state index contributed by atoms with van der Waals surface area (Å²) >= 11 is 6.21. The monoisotopic (exact) mass is 408 g/mol. The molecule has 1 aromatic carbocycles. The lowest BCUT2D eigenvalue weighted by Gasteiger charge is -2.17. The lowest BCUT2D eigenvalue weighted by Crippen LogP contribution is -2.20. The molecule has 0 fully saturated rings. The van der Waals surface area contributed by atoms with Gasteiger partial charge in [0.05, 0.1) is 17.3 Å². The SMILES string of the molecule is Cc1nc2ccc(-c3cc(N)nc(N)c3)nc2n1CC(C)Oc1ccccc1Cl. The highest BCUT2D eigenvalue weighted by Crippen LogP contribution is 2.26. The van der Waals surface area contributed by atoms with Crippen molar-refractivity contribution in [2.45, 2.75) is 26.5 Å². The Balaban J connectivity index is 1.67. The summed E-state index contributed by atoms with van der Waals surface area (Å²) in [6.07, 6.45) is -0.135.